The zero-order valence-electron chi connectivity index (χ0n) is 19.5. The van der Waals surface area contributed by atoms with Crippen molar-refractivity contribution in [1.29, 1.82) is 0 Å². The number of nitrogens with one attached hydrogen (secondary N) is 1. The van der Waals surface area contributed by atoms with Crippen LogP contribution in [-0.2, 0) is 17.5 Å². The Hall–Kier alpha value is -3.14. The van der Waals surface area contributed by atoms with E-state index >= 15 is 0 Å². The number of pyridine rings is 1. The molecule has 3 aromatic rings. The highest BCUT2D eigenvalue weighted by Crippen LogP contribution is 2.39. The highest BCUT2D eigenvalue weighted by molar-refractivity contribution is 5.91. The fraction of sp³-hybridized carbons (Fsp3) is 0.458. The Morgan fingerprint density at radius 2 is 1.94 bits per heavy atom. The van der Waals surface area contributed by atoms with E-state index in [1.165, 1.54) is 6.07 Å². The molecule has 1 fully saturated rings. The fourth-order valence-corrected chi connectivity index (χ4v) is 4.00. The molecule has 7 nitrogen and oxygen atoms in total. The van der Waals surface area contributed by atoms with Crippen molar-refractivity contribution >= 4 is 16.7 Å². The number of aromatic nitrogens is 3. The number of hydrogen-bond acceptors (Lipinski definition) is 7. The second-order valence-electron chi connectivity index (χ2n) is 8.81. The van der Waals surface area contributed by atoms with E-state index in [2.05, 4.69) is 20.3 Å². The van der Waals surface area contributed by atoms with Crippen molar-refractivity contribution in [2.24, 2.45) is 5.92 Å². The SMILES string of the molecule is COc1cc2nc(C)nc(NCc3ccnc(C(F)(F)F)c3)c2cc1OC(C)(C)C1CCOC1. The lowest BCUT2D eigenvalue weighted by molar-refractivity contribution is -0.141. The van der Waals surface area contributed by atoms with Gasteiger partial charge in [-0.15, -0.1) is 0 Å². The van der Waals surface area contributed by atoms with E-state index in [1.54, 1.807) is 26.2 Å². The van der Waals surface area contributed by atoms with E-state index in [0.29, 0.717) is 52.8 Å². The summed E-state index contributed by atoms with van der Waals surface area (Å²) >= 11 is 0. The standard InChI is InChI=1S/C24H27F3N4O3/c1-14-30-18-11-19(32-4)20(34-23(2,3)16-6-8-33-13-16)10-17(18)22(31-14)29-12-15-5-7-28-21(9-15)24(25,26)27/h5,7,9-11,16H,6,8,12-13H2,1-4H3,(H,29,30,31). The fourth-order valence-electron chi connectivity index (χ4n) is 4.00. The van der Waals surface area contributed by atoms with Crippen LogP contribution in [0.4, 0.5) is 19.0 Å². The van der Waals surface area contributed by atoms with Crippen LogP contribution in [-0.4, -0.2) is 40.9 Å². The van der Waals surface area contributed by atoms with E-state index in [0.717, 1.165) is 18.7 Å². The van der Waals surface area contributed by atoms with Crippen LogP contribution in [0.3, 0.4) is 0 Å². The molecule has 0 radical (unpaired) electrons. The van der Waals surface area contributed by atoms with Crippen molar-refractivity contribution in [3.05, 3.63) is 47.5 Å². The average Bonchev–Trinajstić information content (AvgIpc) is 3.33. The Morgan fingerprint density at radius 3 is 2.62 bits per heavy atom. The molecule has 0 amide bonds. The van der Waals surface area contributed by atoms with E-state index < -0.39 is 17.5 Å². The van der Waals surface area contributed by atoms with E-state index in [4.69, 9.17) is 14.2 Å². The minimum Gasteiger partial charge on any atom is -0.493 e. The monoisotopic (exact) mass is 476 g/mol. The van der Waals surface area contributed by atoms with Gasteiger partial charge < -0.3 is 19.5 Å². The lowest BCUT2D eigenvalue weighted by Crippen LogP contribution is -2.38. The Kier molecular flexibility index (Phi) is 6.53. The first kappa shape index (κ1) is 24.0. The van der Waals surface area contributed by atoms with Crippen molar-refractivity contribution < 1.29 is 27.4 Å². The van der Waals surface area contributed by atoms with Crippen molar-refractivity contribution in [3.63, 3.8) is 0 Å². The molecule has 1 unspecified atom stereocenters. The topological polar surface area (TPSA) is 78.4 Å². The molecule has 1 aromatic carbocycles. The summed E-state index contributed by atoms with van der Waals surface area (Å²) in [5.74, 6) is 2.30. The van der Waals surface area contributed by atoms with Crippen LogP contribution < -0.4 is 14.8 Å². The minimum atomic E-state index is -4.51. The third-order valence-corrected chi connectivity index (χ3v) is 5.95. The molecule has 1 N–H and O–H groups in total. The first-order valence-electron chi connectivity index (χ1n) is 11.0. The van der Waals surface area contributed by atoms with Crippen molar-refractivity contribution in [2.45, 2.75) is 45.5 Å². The molecule has 0 saturated carbocycles. The molecule has 182 valence electrons. The molecular weight excluding hydrogens is 449 g/mol. The first-order valence-corrected chi connectivity index (χ1v) is 11.0. The number of nitrogens with zero attached hydrogens (tertiary/aromatic N) is 3. The van der Waals surface area contributed by atoms with Crippen LogP contribution in [0.15, 0.2) is 30.5 Å². The zero-order valence-corrected chi connectivity index (χ0v) is 19.5. The predicted octanol–water partition coefficient (Wildman–Crippen LogP) is 5.17. The van der Waals surface area contributed by atoms with Gasteiger partial charge in [0.25, 0.3) is 0 Å². The molecule has 0 spiro atoms. The molecule has 4 rings (SSSR count). The van der Waals surface area contributed by atoms with E-state index in [-0.39, 0.29) is 12.5 Å². The van der Waals surface area contributed by atoms with Crippen LogP contribution in [0.1, 0.15) is 37.4 Å². The van der Waals surface area contributed by atoms with Crippen molar-refractivity contribution in [2.75, 3.05) is 25.6 Å². The second kappa shape index (κ2) is 9.25. The molecule has 1 aliphatic heterocycles. The van der Waals surface area contributed by atoms with Gasteiger partial charge in [-0.2, -0.15) is 13.2 Å². The maximum atomic E-state index is 13.0. The second-order valence-corrected chi connectivity index (χ2v) is 8.81. The third-order valence-electron chi connectivity index (χ3n) is 5.95. The normalized spacial score (nSPS) is 16.6. The molecule has 1 aliphatic rings. The van der Waals surface area contributed by atoms with Crippen LogP contribution in [0.25, 0.3) is 10.9 Å². The number of ether oxygens (including phenoxy) is 3. The quantitative estimate of drug-likeness (QED) is 0.504. The lowest BCUT2D eigenvalue weighted by atomic mass is 9.90. The Balaban J connectivity index is 1.66. The number of aryl methyl sites for hydroxylation is 1. The summed E-state index contributed by atoms with van der Waals surface area (Å²) in [6, 6.07) is 6.14. The summed E-state index contributed by atoms with van der Waals surface area (Å²) in [6.45, 7) is 7.25. The average molecular weight is 476 g/mol. The summed E-state index contributed by atoms with van der Waals surface area (Å²) in [4.78, 5) is 12.4. The van der Waals surface area contributed by atoms with Gasteiger partial charge in [-0.25, -0.2) is 9.97 Å². The van der Waals surface area contributed by atoms with Crippen LogP contribution in [0.2, 0.25) is 0 Å². The summed E-state index contributed by atoms with van der Waals surface area (Å²) in [5.41, 5.74) is -0.373. The maximum absolute atomic E-state index is 13.0. The first-order chi connectivity index (χ1) is 16.1. The predicted molar refractivity (Wildman–Crippen MR) is 121 cm³/mol. The van der Waals surface area contributed by atoms with E-state index in [9.17, 15) is 13.2 Å². The van der Waals surface area contributed by atoms with Crippen LogP contribution >= 0.6 is 0 Å². The number of anilines is 1. The lowest BCUT2D eigenvalue weighted by Gasteiger charge is -2.32. The minimum absolute atomic E-state index is 0.129. The molecule has 10 heteroatoms. The number of benzene rings is 1. The molecule has 1 saturated heterocycles. The van der Waals surface area contributed by atoms with Gasteiger partial charge in [0.05, 0.1) is 19.2 Å². The van der Waals surface area contributed by atoms with Gasteiger partial charge >= 0.3 is 6.18 Å². The van der Waals surface area contributed by atoms with Gasteiger partial charge in [0, 0.05) is 36.7 Å². The van der Waals surface area contributed by atoms with Gasteiger partial charge in [-0.3, -0.25) is 4.98 Å². The molecule has 3 heterocycles. The van der Waals surface area contributed by atoms with Crippen LogP contribution in [0, 0.1) is 12.8 Å². The number of hydrogen-bond donors (Lipinski definition) is 1. The number of fused-ring (bicyclic) bond motifs is 1. The van der Waals surface area contributed by atoms with Gasteiger partial charge in [-0.1, -0.05) is 0 Å². The van der Waals surface area contributed by atoms with Crippen LogP contribution in [0.5, 0.6) is 11.5 Å². The Labute approximate surface area is 195 Å². The summed E-state index contributed by atoms with van der Waals surface area (Å²) in [7, 11) is 1.56. The Morgan fingerprint density at radius 1 is 1.15 bits per heavy atom. The molecule has 0 bridgehead atoms. The molecule has 34 heavy (non-hydrogen) atoms. The van der Waals surface area contributed by atoms with E-state index in [1.807, 2.05) is 13.8 Å². The highest BCUT2D eigenvalue weighted by atomic mass is 19.4. The van der Waals surface area contributed by atoms with Gasteiger partial charge in [-0.05, 0) is 51.0 Å². The smallest absolute Gasteiger partial charge is 0.433 e. The summed E-state index contributed by atoms with van der Waals surface area (Å²) < 4.78 is 56.5. The van der Waals surface area contributed by atoms with Gasteiger partial charge in [0.1, 0.15) is 22.9 Å². The third kappa shape index (κ3) is 5.16. The molecule has 0 aliphatic carbocycles. The van der Waals surface area contributed by atoms with Crippen molar-refractivity contribution in [3.8, 4) is 11.5 Å². The maximum Gasteiger partial charge on any atom is 0.433 e. The summed E-state index contributed by atoms with van der Waals surface area (Å²) in [5, 5.41) is 3.81. The number of rotatable bonds is 7. The highest BCUT2D eigenvalue weighted by Gasteiger charge is 2.35. The number of halogens is 3. The zero-order chi connectivity index (χ0) is 24.5. The number of alkyl halides is 3. The number of methoxy groups -OCH3 is 1. The molecule has 1 atom stereocenters. The molecular formula is C24H27F3N4O3. The Bertz CT molecular complexity index is 1180. The molecule has 2 aromatic heterocycles. The van der Waals surface area contributed by atoms with Crippen molar-refractivity contribution in [1.82, 2.24) is 15.0 Å². The van der Waals surface area contributed by atoms with Gasteiger partial charge in [0.2, 0.25) is 0 Å². The van der Waals surface area contributed by atoms with Gasteiger partial charge in [0.15, 0.2) is 11.5 Å². The summed E-state index contributed by atoms with van der Waals surface area (Å²) in [6.07, 6.45) is -2.45. The largest absolute Gasteiger partial charge is 0.493 e.